The quantitative estimate of drug-likeness (QED) is 0.604. The number of methoxy groups -OCH3 is 1. The monoisotopic (exact) mass is 388 g/mol. The molecule has 0 aliphatic rings. The highest BCUT2D eigenvalue weighted by Crippen LogP contribution is 2.23. The number of ether oxygens (including phenoxy) is 2. The molecule has 1 amide bonds. The second-order valence-corrected chi connectivity index (χ2v) is 6.57. The van der Waals surface area contributed by atoms with Crippen LogP contribution in [0.3, 0.4) is 0 Å². The topological polar surface area (TPSA) is 87.7 Å². The van der Waals surface area contributed by atoms with Crippen molar-refractivity contribution >= 4 is 33.4 Å². The van der Waals surface area contributed by atoms with Crippen molar-refractivity contribution in [3.8, 4) is 5.75 Å². The molecule has 3 rings (SSSR count). The van der Waals surface area contributed by atoms with E-state index >= 15 is 0 Å². The molecule has 27 heavy (non-hydrogen) atoms. The third-order valence-electron chi connectivity index (χ3n) is 3.91. The number of hydrogen-bond acceptors (Lipinski definition) is 6. The van der Waals surface area contributed by atoms with Crippen molar-refractivity contribution in [3.63, 3.8) is 0 Å². The number of esters is 1. The molecule has 9 heteroatoms. The molecule has 0 aliphatic carbocycles. The Balaban J connectivity index is 2.13. The Bertz CT molecular complexity index is 1050. The van der Waals surface area contributed by atoms with Crippen molar-refractivity contribution in [1.82, 2.24) is 14.3 Å². The van der Waals surface area contributed by atoms with Gasteiger partial charge in [0.2, 0.25) is 0 Å². The lowest BCUT2D eigenvalue weighted by Gasteiger charge is -2.05. The van der Waals surface area contributed by atoms with Gasteiger partial charge in [-0.3, -0.25) is 14.3 Å². The van der Waals surface area contributed by atoms with Crippen molar-refractivity contribution in [2.75, 3.05) is 13.7 Å². The Hall–Kier alpha value is -2.94. The third kappa shape index (κ3) is 3.92. The van der Waals surface area contributed by atoms with Gasteiger partial charge in [0, 0.05) is 12.7 Å². The highest BCUT2D eigenvalue weighted by Gasteiger charge is 2.15. The second kappa shape index (κ2) is 8.17. The van der Waals surface area contributed by atoms with Gasteiger partial charge in [0.1, 0.15) is 18.0 Å². The standard InChI is InChI=1S/C18H20N4O4S/c1-4-22-14(8-9-19-22)17(24)20-18-21(11-16(23)25-3)13-7-6-12(26-5-2)10-15(13)27-18/h6-10H,4-5,11H2,1-3H3. The van der Waals surface area contributed by atoms with Crippen LogP contribution < -0.4 is 9.54 Å². The van der Waals surface area contributed by atoms with E-state index in [0.29, 0.717) is 23.6 Å². The minimum Gasteiger partial charge on any atom is -0.494 e. The van der Waals surface area contributed by atoms with E-state index in [-0.39, 0.29) is 6.54 Å². The Kier molecular flexibility index (Phi) is 5.70. The summed E-state index contributed by atoms with van der Waals surface area (Å²) in [6.45, 7) is 4.89. The Morgan fingerprint density at radius 2 is 2.07 bits per heavy atom. The minimum atomic E-state index is -0.420. The zero-order chi connectivity index (χ0) is 19.4. The Morgan fingerprint density at radius 3 is 2.78 bits per heavy atom. The van der Waals surface area contributed by atoms with Gasteiger partial charge in [0.15, 0.2) is 4.80 Å². The van der Waals surface area contributed by atoms with Gasteiger partial charge in [-0.15, -0.1) is 0 Å². The summed E-state index contributed by atoms with van der Waals surface area (Å²) in [5.74, 6) is -0.112. The molecule has 0 fully saturated rings. The molecule has 0 aliphatic heterocycles. The first-order valence-corrected chi connectivity index (χ1v) is 9.32. The number of benzene rings is 1. The van der Waals surface area contributed by atoms with Crippen LogP contribution in [0, 0.1) is 0 Å². The average Bonchev–Trinajstić information content (AvgIpc) is 3.26. The van der Waals surface area contributed by atoms with Crippen LogP contribution in [0.4, 0.5) is 0 Å². The largest absolute Gasteiger partial charge is 0.494 e. The lowest BCUT2D eigenvalue weighted by atomic mass is 10.3. The first-order valence-electron chi connectivity index (χ1n) is 8.51. The molecule has 0 spiro atoms. The zero-order valence-electron chi connectivity index (χ0n) is 15.3. The van der Waals surface area contributed by atoms with E-state index in [4.69, 9.17) is 9.47 Å². The van der Waals surface area contributed by atoms with Crippen LogP contribution in [0.25, 0.3) is 10.2 Å². The van der Waals surface area contributed by atoms with Gasteiger partial charge in [0.25, 0.3) is 5.91 Å². The van der Waals surface area contributed by atoms with Crippen LogP contribution in [-0.2, 0) is 22.6 Å². The lowest BCUT2D eigenvalue weighted by molar-refractivity contribution is -0.141. The van der Waals surface area contributed by atoms with E-state index < -0.39 is 11.9 Å². The third-order valence-corrected chi connectivity index (χ3v) is 4.95. The molecular weight excluding hydrogens is 368 g/mol. The number of aromatic nitrogens is 3. The van der Waals surface area contributed by atoms with Gasteiger partial charge >= 0.3 is 5.97 Å². The van der Waals surface area contributed by atoms with E-state index in [1.165, 1.54) is 18.4 Å². The normalized spacial score (nSPS) is 11.7. The molecule has 0 saturated carbocycles. The fourth-order valence-electron chi connectivity index (χ4n) is 2.65. The molecular formula is C18H20N4O4S. The van der Waals surface area contributed by atoms with Gasteiger partial charge in [-0.2, -0.15) is 10.1 Å². The van der Waals surface area contributed by atoms with Crippen LogP contribution >= 0.6 is 11.3 Å². The lowest BCUT2D eigenvalue weighted by Crippen LogP contribution is -2.23. The number of fused-ring (bicyclic) bond motifs is 1. The number of carbonyl (C=O) groups excluding carboxylic acids is 2. The van der Waals surface area contributed by atoms with Crippen molar-refractivity contribution in [2.45, 2.75) is 26.9 Å². The van der Waals surface area contributed by atoms with Crippen LogP contribution in [0.2, 0.25) is 0 Å². The Labute approximate surface area is 159 Å². The first-order chi connectivity index (χ1) is 13.1. The maximum atomic E-state index is 12.6. The molecule has 2 heterocycles. The molecule has 3 aromatic rings. The van der Waals surface area contributed by atoms with Crippen molar-refractivity contribution in [3.05, 3.63) is 41.0 Å². The molecule has 0 N–H and O–H groups in total. The number of thiazole rings is 1. The van der Waals surface area contributed by atoms with Crippen molar-refractivity contribution < 1.29 is 19.1 Å². The summed E-state index contributed by atoms with van der Waals surface area (Å²) in [6, 6.07) is 7.17. The van der Waals surface area contributed by atoms with Gasteiger partial charge in [0.05, 0.1) is 23.9 Å². The highest BCUT2D eigenvalue weighted by molar-refractivity contribution is 7.16. The van der Waals surface area contributed by atoms with Crippen LogP contribution in [0.1, 0.15) is 24.3 Å². The maximum absolute atomic E-state index is 12.6. The van der Waals surface area contributed by atoms with Gasteiger partial charge < -0.3 is 14.0 Å². The first kappa shape index (κ1) is 18.8. The number of hydrogen-bond donors (Lipinski definition) is 0. The maximum Gasteiger partial charge on any atom is 0.325 e. The van der Waals surface area contributed by atoms with E-state index in [9.17, 15) is 9.59 Å². The summed E-state index contributed by atoms with van der Waals surface area (Å²) in [4.78, 5) is 29.1. The number of nitrogens with zero attached hydrogens (tertiary/aromatic N) is 4. The fraction of sp³-hybridized carbons (Fsp3) is 0.333. The van der Waals surface area contributed by atoms with Crippen LogP contribution in [0.15, 0.2) is 35.5 Å². The second-order valence-electron chi connectivity index (χ2n) is 5.56. The molecule has 2 aromatic heterocycles. The van der Waals surface area contributed by atoms with Gasteiger partial charge in [-0.05, 0) is 38.1 Å². The predicted octanol–water partition coefficient (Wildman–Crippen LogP) is 2.23. The van der Waals surface area contributed by atoms with E-state index in [0.717, 1.165) is 16.0 Å². The highest BCUT2D eigenvalue weighted by atomic mass is 32.1. The average molecular weight is 388 g/mol. The molecule has 1 aromatic carbocycles. The fourth-order valence-corrected chi connectivity index (χ4v) is 3.71. The smallest absolute Gasteiger partial charge is 0.325 e. The van der Waals surface area contributed by atoms with Gasteiger partial charge in [-0.1, -0.05) is 11.3 Å². The number of carbonyl (C=O) groups is 2. The molecule has 142 valence electrons. The van der Waals surface area contributed by atoms with Crippen molar-refractivity contribution in [2.24, 2.45) is 4.99 Å². The summed E-state index contributed by atoms with van der Waals surface area (Å²) < 4.78 is 14.4. The summed E-state index contributed by atoms with van der Waals surface area (Å²) in [7, 11) is 1.33. The predicted molar refractivity (Wildman–Crippen MR) is 101 cm³/mol. The number of amides is 1. The van der Waals surface area contributed by atoms with Crippen molar-refractivity contribution in [1.29, 1.82) is 0 Å². The number of rotatable bonds is 6. The number of aryl methyl sites for hydroxylation is 1. The minimum absolute atomic E-state index is 0.0381. The van der Waals surface area contributed by atoms with Crippen LogP contribution in [-0.4, -0.2) is 39.9 Å². The molecule has 0 saturated heterocycles. The molecule has 0 radical (unpaired) electrons. The van der Waals surface area contributed by atoms with E-state index in [1.807, 2.05) is 32.0 Å². The SMILES string of the molecule is CCOc1ccc2c(c1)sc(=NC(=O)c1ccnn1CC)n2CC(=O)OC. The van der Waals surface area contributed by atoms with Gasteiger partial charge in [-0.25, -0.2) is 0 Å². The molecule has 8 nitrogen and oxygen atoms in total. The molecule has 0 atom stereocenters. The summed E-state index contributed by atoms with van der Waals surface area (Å²) in [5.41, 5.74) is 1.18. The molecule has 0 unspecified atom stereocenters. The summed E-state index contributed by atoms with van der Waals surface area (Å²) in [5, 5.41) is 4.10. The summed E-state index contributed by atoms with van der Waals surface area (Å²) in [6.07, 6.45) is 1.56. The van der Waals surface area contributed by atoms with E-state index in [2.05, 4.69) is 10.1 Å². The molecule has 0 bridgehead atoms. The van der Waals surface area contributed by atoms with Crippen LogP contribution in [0.5, 0.6) is 5.75 Å². The Morgan fingerprint density at radius 1 is 1.26 bits per heavy atom. The van der Waals surface area contributed by atoms with E-state index in [1.54, 1.807) is 21.5 Å². The summed E-state index contributed by atoms with van der Waals surface area (Å²) >= 11 is 1.31. The zero-order valence-corrected chi connectivity index (χ0v) is 16.2.